The highest BCUT2D eigenvalue weighted by molar-refractivity contribution is 7.07. The second-order valence-electron chi connectivity index (χ2n) is 7.14. The summed E-state index contributed by atoms with van der Waals surface area (Å²) < 4.78 is 5.45. The van der Waals surface area contributed by atoms with Crippen molar-refractivity contribution in [2.24, 2.45) is 0 Å². The molecule has 0 bridgehead atoms. The van der Waals surface area contributed by atoms with E-state index in [4.69, 9.17) is 4.74 Å². The SMILES string of the molecule is CCCC1=CC(=O)NC(c2ccc(N3CCOCC3)cc2)(c2cscn2)C1. The topological polar surface area (TPSA) is 54.5 Å². The molecule has 0 spiro atoms. The predicted octanol–water partition coefficient (Wildman–Crippen LogP) is 3.47. The zero-order valence-electron chi connectivity index (χ0n) is 15.6. The smallest absolute Gasteiger partial charge is 0.244 e. The maximum Gasteiger partial charge on any atom is 0.244 e. The lowest BCUT2D eigenvalue weighted by atomic mass is 9.78. The highest BCUT2D eigenvalue weighted by Crippen LogP contribution is 2.39. The Kier molecular flexibility index (Phi) is 5.27. The van der Waals surface area contributed by atoms with E-state index in [0.717, 1.165) is 56.8 Å². The molecular weight excluding hydrogens is 358 g/mol. The number of benzene rings is 1. The molecule has 1 amide bonds. The first-order chi connectivity index (χ1) is 13.2. The number of aromatic nitrogens is 1. The molecule has 3 heterocycles. The van der Waals surface area contributed by atoms with Gasteiger partial charge in [-0.25, -0.2) is 4.98 Å². The largest absolute Gasteiger partial charge is 0.378 e. The van der Waals surface area contributed by atoms with Crippen molar-refractivity contribution < 1.29 is 9.53 Å². The third kappa shape index (κ3) is 3.64. The fourth-order valence-corrected chi connectivity index (χ4v) is 4.65. The molecule has 0 aliphatic carbocycles. The molecule has 142 valence electrons. The number of ether oxygens (including phenoxy) is 1. The van der Waals surface area contributed by atoms with Gasteiger partial charge in [-0.1, -0.05) is 31.1 Å². The normalized spacial score (nSPS) is 23.1. The van der Waals surface area contributed by atoms with Gasteiger partial charge in [0.05, 0.1) is 24.4 Å². The van der Waals surface area contributed by atoms with Crippen LogP contribution >= 0.6 is 11.3 Å². The van der Waals surface area contributed by atoms with Crippen molar-refractivity contribution in [3.8, 4) is 0 Å². The standard InChI is InChI=1S/C21H25N3O2S/c1-2-3-16-12-20(25)23-21(13-16,19-14-27-15-22-19)17-4-6-18(7-5-17)24-8-10-26-11-9-24/h4-7,12,14-15H,2-3,8-11,13H2,1H3,(H,23,25). The quantitative estimate of drug-likeness (QED) is 0.859. The first-order valence-electron chi connectivity index (χ1n) is 9.55. The molecular formula is C21H25N3O2S. The van der Waals surface area contributed by atoms with Crippen molar-refractivity contribution in [1.82, 2.24) is 10.3 Å². The number of nitrogens with one attached hydrogen (secondary N) is 1. The fourth-order valence-electron chi connectivity index (χ4n) is 4.03. The number of hydrogen-bond acceptors (Lipinski definition) is 5. The lowest BCUT2D eigenvalue weighted by Gasteiger charge is -2.38. The highest BCUT2D eigenvalue weighted by Gasteiger charge is 2.40. The fraction of sp³-hybridized carbons (Fsp3) is 0.429. The summed E-state index contributed by atoms with van der Waals surface area (Å²) in [6, 6.07) is 8.58. The third-order valence-corrected chi connectivity index (χ3v) is 5.93. The minimum absolute atomic E-state index is 0.0324. The number of hydrogen-bond donors (Lipinski definition) is 1. The van der Waals surface area contributed by atoms with Crippen LogP contribution in [0.15, 0.2) is 46.8 Å². The van der Waals surface area contributed by atoms with Crippen LogP contribution < -0.4 is 10.2 Å². The van der Waals surface area contributed by atoms with Crippen LogP contribution in [0.1, 0.15) is 37.4 Å². The van der Waals surface area contributed by atoms with Gasteiger partial charge in [0.2, 0.25) is 5.91 Å². The van der Waals surface area contributed by atoms with Crippen molar-refractivity contribution in [1.29, 1.82) is 0 Å². The molecule has 1 N–H and O–H groups in total. The number of carbonyl (C=O) groups is 1. The second kappa shape index (κ2) is 7.82. The van der Waals surface area contributed by atoms with Crippen LogP contribution in [-0.4, -0.2) is 37.2 Å². The average Bonchev–Trinajstić information content (AvgIpc) is 3.24. The predicted molar refractivity (Wildman–Crippen MR) is 108 cm³/mol. The number of morpholine rings is 1. The molecule has 5 nitrogen and oxygen atoms in total. The molecule has 4 rings (SSSR count). The zero-order chi connectivity index (χ0) is 18.7. The highest BCUT2D eigenvalue weighted by atomic mass is 32.1. The summed E-state index contributed by atoms with van der Waals surface area (Å²) >= 11 is 1.56. The maximum absolute atomic E-state index is 12.5. The van der Waals surface area contributed by atoms with Crippen LogP contribution in [0, 0.1) is 0 Å². The van der Waals surface area contributed by atoms with Gasteiger partial charge in [-0.15, -0.1) is 11.3 Å². The summed E-state index contributed by atoms with van der Waals surface area (Å²) in [7, 11) is 0. The van der Waals surface area contributed by atoms with E-state index >= 15 is 0 Å². The summed E-state index contributed by atoms with van der Waals surface area (Å²) in [6.45, 7) is 5.51. The first kappa shape index (κ1) is 18.2. The van der Waals surface area contributed by atoms with Crippen LogP contribution in [0.25, 0.3) is 0 Å². The lowest BCUT2D eigenvalue weighted by Crippen LogP contribution is -2.49. The molecule has 1 saturated heterocycles. The van der Waals surface area contributed by atoms with Gasteiger partial charge in [-0.05, 0) is 24.1 Å². The Hall–Kier alpha value is -2.18. The van der Waals surface area contributed by atoms with Crippen molar-refractivity contribution in [3.63, 3.8) is 0 Å². The first-order valence-corrected chi connectivity index (χ1v) is 10.5. The minimum atomic E-state index is -0.583. The van der Waals surface area contributed by atoms with Crippen LogP contribution in [0.2, 0.25) is 0 Å². The molecule has 1 aromatic heterocycles. The Bertz CT molecular complexity index is 810. The van der Waals surface area contributed by atoms with Gasteiger partial charge >= 0.3 is 0 Å². The van der Waals surface area contributed by atoms with E-state index in [9.17, 15) is 4.79 Å². The molecule has 2 aliphatic heterocycles. The zero-order valence-corrected chi connectivity index (χ0v) is 16.4. The van der Waals surface area contributed by atoms with Crippen molar-refractivity contribution >= 4 is 22.9 Å². The molecule has 2 aromatic rings. The van der Waals surface area contributed by atoms with Crippen molar-refractivity contribution in [2.45, 2.75) is 31.7 Å². The van der Waals surface area contributed by atoms with Gasteiger partial charge in [0.25, 0.3) is 0 Å². The summed E-state index contributed by atoms with van der Waals surface area (Å²) in [5, 5.41) is 5.28. The van der Waals surface area contributed by atoms with E-state index in [1.165, 1.54) is 11.3 Å². The Morgan fingerprint density at radius 2 is 2.04 bits per heavy atom. The molecule has 1 unspecified atom stereocenters. The number of nitrogens with zero attached hydrogens (tertiary/aromatic N) is 2. The molecule has 1 fully saturated rings. The number of carbonyl (C=O) groups excluding carboxylic acids is 1. The molecule has 0 saturated carbocycles. The lowest BCUT2D eigenvalue weighted by molar-refractivity contribution is -0.118. The summed E-state index contributed by atoms with van der Waals surface area (Å²) in [4.78, 5) is 19.4. The second-order valence-corrected chi connectivity index (χ2v) is 7.86. The third-order valence-electron chi connectivity index (χ3n) is 5.34. The van der Waals surface area contributed by atoms with Crippen molar-refractivity contribution in [3.05, 3.63) is 58.1 Å². The van der Waals surface area contributed by atoms with Crippen LogP contribution in [0.4, 0.5) is 5.69 Å². The molecule has 6 heteroatoms. The van der Waals surface area contributed by atoms with Crippen LogP contribution in [0.5, 0.6) is 0 Å². The van der Waals surface area contributed by atoms with E-state index in [0.29, 0.717) is 0 Å². The van der Waals surface area contributed by atoms with Crippen LogP contribution in [0.3, 0.4) is 0 Å². The van der Waals surface area contributed by atoms with Crippen molar-refractivity contribution in [2.75, 3.05) is 31.2 Å². The molecule has 2 aliphatic rings. The summed E-state index contributed by atoms with van der Waals surface area (Å²) in [5.41, 5.74) is 5.64. The van der Waals surface area contributed by atoms with E-state index in [2.05, 4.69) is 46.4 Å². The molecule has 1 atom stereocenters. The Balaban J connectivity index is 1.70. The van der Waals surface area contributed by atoms with Gasteiger partial charge < -0.3 is 15.0 Å². The summed E-state index contributed by atoms with van der Waals surface area (Å²) in [6.07, 6.45) is 4.50. The van der Waals surface area contributed by atoms with E-state index < -0.39 is 5.54 Å². The minimum Gasteiger partial charge on any atom is -0.378 e. The Labute approximate surface area is 164 Å². The Morgan fingerprint density at radius 1 is 1.26 bits per heavy atom. The van der Waals surface area contributed by atoms with Gasteiger partial charge in [0.15, 0.2) is 0 Å². The van der Waals surface area contributed by atoms with Gasteiger partial charge in [-0.2, -0.15) is 0 Å². The maximum atomic E-state index is 12.5. The number of anilines is 1. The molecule has 27 heavy (non-hydrogen) atoms. The van der Waals surface area contributed by atoms with Gasteiger partial charge in [-0.3, -0.25) is 4.79 Å². The van der Waals surface area contributed by atoms with E-state index in [-0.39, 0.29) is 5.91 Å². The van der Waals surface area contributed by atoms with Crippen LogP contribution in [-0.2, 0) is 15.1 Å². The number of amides is 1. The summed E-state index contributed by atoms with van der Waals surface area (Å²) in [5.74, 6) is -0.0324. The van der Waals surface area contributed by atoms with Gasteiger partial charge in [0.1, 0.15) is 5.54 Å². The van der Waals surface area contributed by atoms with E-state index in [1.54, 1.807) is 17.4 Å². The molecule has 0 radical (unpaired) electrons. The van der Waals surface area contributed by atoms with E-state index in [1.807, 2.05) is 10.9 Å². The van der Waals surface area contributed by atoms with Gasteiger partial charge in [0, 0.05) is 36.7 Å². The average molecular weight is 384 g/mol. The number of rotatable bonds is 5. The Morgan fingerprint density at radius 3 is 2.70 bits per heavy atom. The monoisotopic (exact) mass is 383 g/mol. The number of thiazole rings is 1. The molecule has 1 aromatic carbocycles.